The minimum atomic E-state index is -4.00. The SMILES string of the molecule is C=C(C)C(=O)OCC(C)OS(=O)(=O)c1ccc(NC(C)=O)cc1. The first-order valence-corrected chi connectivity index (χ1v) is 8.16. The molecule has 23 heavy (non-hydrogen) atoms. The molecule has 126 valence electrons. The Bertz CT molecular complexity index is 693. The summed E-state index contributed by atoms with van der Waals surface area (Å²) in [6, 6.07) is 5.52. The second kappa shape index (κ2) is 7.89. The number of anilines is 1. The summed E-state index contributed by atoms with van der Waals surface area (Å²) in [5.41, 5.74) is 0.688. The van der Waals surface area contributed by atoms with Crippen LogP contribution in [0.5, 0.6) is 0 Å². The predicted octanol–water partition coefficient (Wildman–Crippen LogP) is 1.86. The zero-order valence-electron chi connectivity index (χ0n) is 13.2. The summed E-state index contributed by atoms with van der Waals surface area (Å²) < 4.78 is 34.0. The average Bonchev–Trinajstić information content (AvgIpc) is 2.44. The van der Waals surface area contributed by atoms with Crippen LogP contribution in [0, 0.1) is 0 Å². The lowest BCUT2D eigenvalue weighted by atomic mass is 10.3. The second-order valence-corrected chi connectivity index (χ2v) is 6.52. The zero-order valence-corrected chi connectivity index (χ0v) is 14.0. The van der Waals surface area contributed by atoms with Gasteiger partial charge in [-0.2, -0.15) is 8.42 Å². The van der Waals surface area contributed by atoms with Gasteiger partial charge < -0.3 is 10.1 Å². The fourth-order valence-corrected chi connectivity index (χ4v) is 2.59. The molecular formula is C15H19NO6S. The highest BCUT2D eigenvalue weighted by atomic mass is 32.2. The van der Waals surface area contributed by atoms with Crippen molar-refractivity contribution in [3.63, 3.8) is 0 Å². The highest BCUT2D eigenvalue weighted by Gasteiger charge is 2.20. The van der Waals surface area contributed by atoms with Crippen molar-refractivity contribution in [2.45, 2.75) is 31.8 Å². The van der Waals surface area contributed by atoms with Gasteiger partial charge in [-0.05, 0) is 38.1 Å². The van der Waals surface area contributed by atoms with Crippen molar-refractivity contribution in [3.8, 4) is 0 Å². The molecule has 1 amide bonds. The van der Waals surface area contributed by atoms with Crippen LogP contribution in [0.15, 0.2) is 41.3 Å². The molecule has 0 bridgehead atoms. The number of ether oxygens (including phenoxy) is 1. The van der Waals surface area contributed by atoms with E-state index < -0.39 is 22.2 Å². The fourth-order valence-electron chi connectivity index (χ4n) is 1.52. The van der Waals surface area contributed by atoms with Crippen LogP contribution >= 0.6 is 0 Å². The molecular weight excluding hydrogens is 322 g/mol. The number of carbonyl (C=O) groups is 2. The summed E-state index contributed by atoms with van der Waals surface area (Å²) in [7, 11) is -4.00. The molecule has 8 heteroatoms. The number of esters is 1. The molecule has 0 saturated carbocycles. The predicted molar refractivity (Wildman–Crippen MR) is 84.3 cm³/mol. The van der Waals surface area contributed by atoms with Crippen molar-refractivity contribution in [3.05, 3.63) is 36.4 Å². The van der Waals surface area contributed by atoms with Gasteiger partial charge in [0.25, 0.3) is 10.1 Å². The summed E-state index contributed by atoms with van der Waals surface area (Å²) in [6.45, 7) is 7.51. The van der Waals surface area contributed by atoms with Crippen LogP contribution in [-0.2, 0) is 28.6 Å². The molecule has 0 saturated heterocycles. The van der Waals surface area contributed by atoms with Crippen LogP contribution in [0.1, 0.15) is 20.8 Å². The lowest BCUT2D eigenvalue weighted by Crippen LogP contribution is -2.22. The van der Waals surface area contributed by atoms with Gasteiger partial charge in [-0.25, -0.2) is 4.79 Å². The molecule has 0 aliphatic heterocycles. The van der Waals surface area contributed by atoms with Gasteiger partial charge in [-0.15, -0.1) is 0 Å². The molecule has 0 aliphatic rings. The molecule has 0 aromatic heterocycles. The summed E-state index contributed by atoms with van der Waals surface area (Å²) >= 11 is 0. The van der Waals surface area contributed by atoms with Crippen molar-refractivity contribution in [2.75, 3.05) is 11.9 Å². The van der Waals surface area contributed by atoms with Gasteiger partial charge in [0, 0.05) is 18.2 Å². The Hall–Kier alpha value is -2.19. The number of hydrogen-bond acceptors (Lipinski definition) is 6. The molecule has 0 fully saturated rings. The van der Waals surface area contributed by atoms with E-state index in [0.29, 0.717) is 5.69 Å². The first-order valence-electron chi connectivity index (χ1n) is 6.75. The van der Waals surface area contributed by atoms with Gasteiger partial charge in [0.2, 0.25) is 5.91 Å². The van der Waals surface area contributed by atoms with E-state index in [2.05, 4.69) is 11.9 Å². The summed E-state index contributed by atoms with van der Waals surface area (Å²) in [5, 5.41) is 2.53. The minimum Gasteiger partial charge on any atom is -0.460 e. The van der Waals surface area contributed by atoms with E-state index in [0.717, 1.165) is 0 Å². The highest BCUT2D eigenvalue weighted by Crippen LogP contribution is 2.17. The smallest absolute Gasteiger partial charge is 0.333 e. The van der Waals surface area contributed by atoms with E-state index in [4.69, 9.17) is 8.92 Å². The van der Waals surface area contributed by atoms with Crippen molar-refractivity contribution in [1.29, 1.82) is 0 Å². The number of amides is 1. The Morgan fingerprint density at radius 3 is 2.26 bits per heavy atom. The molecule has 0 aliphatic carbocycles. The molecule has 1 atom stereocenters. The van der Waals surface area contributed by atoms with Crippen LogP contribution < -0.4 is 5.32 Å². The molecule has 0 spiro atoms. The molecule has 1 aromatic rings. The minimum absolute atomic E-state index is 0.0651. The number of benzene rings is 1. The van der Waals surface area contributed by atoms with Crippen molar-refractivity contribution < 1.29 is 26.9 Å². The summed E-state index contributed by atoms with van der Waals surface area (Å²) in [6.07, 6.45) is -0.849. The lowest BCUT2D eigenvalue weighted by molar-refractivity contribution is -0.141. The maximum absolute atomic E-state index is 12.1. The summed E-state index contributed by atoms with van der Waals surface area (Å²) in [4.78, 5) is 22.1. The van der Waals surface area contributed by atoms with Crippen LogP contribution in [-0.4, -0.2) is 33.0 Å². The van der Waals surface area contributed by atoms with Crippen LogP contribution in [0.2, 0.25) is 0 Å². The van der Waals surface area contributed by atoms with Crippen LogP contribution in [0.3, 0.4) is 0 Å². The number of hydrogen-bond donors (Lipinski definition) is 1. The number of carbonyl (C=O) groups excluding carboxylic acids is 2. The van der Waals surface area contributed by atoms with Gasteiger partial charge in [0.1, 0.15) is 12.7 Å². The highest BCUT2D eigenvalue weighted by molar-refractivity contribution is 7.86. The Morgan fingerprint density at radius 1 is 1.22 bits per heavy atom. The van der Waals surface area contributed by atoms with Gasteiger partial charge in [0.05, 0.1) is 4.90 Å². The third kappa shape index (κ3) is 6.21. The van der Waals surface area contributed by atoms with Crippen LogP contribution in [0.4, 0.5) is 5.69 Å². The molecule has 1 N–H and O–H groups in total. The van der Waals surface area contributed by atoms with E-state index in [-0.39, 0.29) is 23.0 Å². The number of nitrogens with one attached hydrogen (secondary N) is 1. The Morgan fingerprint density at radius 2 is 1.78 bits per heavy atom. The quantitative estimate of drug-likeness (QED) is 0.462. The average molecular weight is 341 g/mol. The van der Waals surface area contributed by atoms with E-state index >= 15 is 0 Å². The van der Waals surface area contributed by atoms with E-state index in [1.807, 2.05) is 0 Å². The Labute approximate surface area is 135 Å². The van der Waals surface area contributed by atoms with Gasteiger partial charge in [0.15, 0.2) is 0 Å². The van der Waals surface area contributed by atoms with Crippen LogP contribution in [0.25, 0.3) is 0 Å². The standard InChI is InChI=1S/C15H19NO6S/c1-10(2)15(18)21-9-11(3)22-23(19,20)14-7-5-13(6-8-14)16-12(4)17/h5-8,11H,1,9H2,2-4H3,(H,16,17). The maximum atomic E-state index is 12.1. The van der Waals surface area contributed by atoms with E-state index in [9.17, 15) is 18.0 Å². The topological polar surface area (TPSA) is 98.8 Å². The Balaban J connectivity index is 2.69. The second-order valence-electron chi connectivity index (χ2n) is 4.95. The monoisotopic (exact) mass is 341 g/mol. The molecule has 0 heterocycles. The maximum Gasteiger partial charge on any atom is 0.333 e. The normalized spacial score (nSPS) is 12.3. The van der Waals surface area contributed by atoms with Gasteiger partial charge in [-0.3, -0.25) is 8.98 Å². The third-order valence-corrected chi connectivity index (χ3v) is 3.98. The van der Waals surface area contributed by atoms with Crippen molar-refractivity contribution >= 4 is 27.7 Å². The van der Waals surface area contributed by atoms with Gasteiger partial charge >= 0.3 is 5.97 Å². The largest absolute Gasteiger partial charge is 0.460 e. The Kier molecular flexibility index (Phi) is 6.47. The summed E-state index contributed by atoms with van der Waals surface area (Å²) in [5.74, 6) is -0.873. The number of rotatable bonds is 7. The first-order chi connectivity index (χ1) is 10.6. The zero-order chi connectivity index (χ0) is 17.6. The molecule has 1 rings (SSSR count). The molecule has 7 nitrogen and oxygen atoms in total. The van der Waals surface area contributed by atoms with Gasteiger partial charge in [-0.1, -0.05) is 6.58 Å². The molecule has 0 radical (unpaired) electrons. The van der Waals surface area contributed by atoms with E-state index in [1.54, 1.807) is 0 Å². The van der Waals surface area contributed by atoms with Crippen molar-refractivity contribution in [1.82, 2.24) is 0 Å². The third-order valence-electron chi connectivity index (χ3n) is 2.55. The fraction of sp³-hybridized carbons (Fsp3) is 0.333. The van der Waals surface area contributed by atoms with Crippen molar-refractivity contribution in [2.24, 2.45) is 0 Å². The lowest BCUT2D eigenvalue weighted by Gasteiger charge is -2.13. The molecule has 1 unspecified atom stereocenters. The first kappa shape index (κ1) is 18.9. The molecule has 1 aromatic carbocycles. The van der Waals surface area contributed by atoms with E-state index in [1.165, 1.54) is 45.0 Å².